The molecule has 1 aliphatic rings. The van der Waals surface area contributed by atoms with E-state index in [4.69, 9.17) is 9.15 Å². The van der Waals surface area contributed by atoms with Crippen molar-refractivity contribution in [1.82, 2.24) is 4.57 Å². The van der Waals surface area contributed by atoms with Gasteiger partial charge in [0.05, 0.1) is 33.4 Å². The summed E-state index contributed by atoms with van der Waals surface area (Å²) in [6.07, 6.45) is 1.64. The minimum absolute atomic E-state index is 0.00425. The monoisotopic (exact) mass is 529 g/mol. The Labute approximate surface area is 220 Å². The Hall–Kier alpha value is -4.57. The van der Waals surface area contributed by atoms with Gasteiger partial charge in [0.15, 0.2) is 4.80 Å². The number of rotatable bonds is 6. The second kappa shape index (κ2) is 10.1. The van der Waals surface area contributed by atoms with E-state index in [-0.39, 0.29) is 17.9 Å². The smallest absolute Gasteiger partial charge is 0.338 e. The molecule has 0 saturated carbocycles. The zero-order valence-electron chi connectivity index (χ0n) is 20.8. The van der Waals surface area contributed by atoms with Gasteiger partial charge in [0.1, 0.15) is 11.5 Å². The number of carbonyl (C=O) groups is 1. The third-order valence-corrected chi connectivity index (χ3v) is 7.20. The number of ether oxygens (including phenoxy) is 1. The second-order valence-electron chi connectivity index (χ2n) is 8.67. The van der Waals surface area contributed by atoms with Gasteiger partial charge in [-0.15, -0.1) is 0 Å². The molecule has 0 spiro atoms. The number of aryl methyl sites for hydroxylation is 1. The summed E-state index contributed by atoms with van der Waals surface area (Å²) in [5, 5.41) is 11.1. The maximum atomic E-state index is 13.7. The van der Waals surface area contributed by atoms with Gasteiger partial charge in [-0.3, -0.25) is 19.5 Å². The maximum absolute atomic E-state index is 13.7. The lowest BCUT2D eigenvalue weighted by Crippen LogP contribution is -2.39. The van der Waals surface area contributed by atoms with Gasteiger partial charge in [-0.1, -0.05) is 41.7 Å². The van der Waals surface area contributed by atoms with Gasteiger partial charge < -0.3 is 9.15 Å². The Kier molecular flexibility index (Phi) is 6.64. The number of nitro groups is 1. The third-order valence-electron chi connectivity index (χ3n) is 6.22. The topological polar surface area (TPSA) is 117 Å². The molecule has 0 unspecified atom stereocenters. The van der Waals surface area contributed by atoms with Crippen molar-refractivity contribution in [3.05, 3.63) is 119 Å². The van der Waals surface area contributed by atoms with Crippen LogP contribution in [0.2, 0.25) is 0 Å². The molecule has 0 N–H and O–H groups in total. The van der Waals surface area contributed by atoms with Gasteiger partial charge in [-0.05, 0) is 50.1 Å². The number of non-ortho nitro benzene ring substituents is 1. The fourth-order valence-corrected chi connectivity index (χ4v) is 5.51. The van der Waals surface area contributed by atoms with Crippen LogP contribution in [0, 0.1) is 17.0 Å². The first-order valence-electron chi connectivity index (χ1n) is 11.9. The van der Waals surface area contributed by atoms with E-state index < -0.39 is 16.9 Å². The predicted octanol–water partition coefficient (Wildman–Crippen LogP) is 4.27. The highest BCUT2D eigenvalue weighted by atomic mass is 32.1. The van der Waals surface area contributed by atoms with E-state index in [2.05, 4.69) is 4.99 Å². The number of carbonyl (C=O) groups excluding carboxylic acids is 1. The highest BCUT2D eigenvalue weighted by molar-refractivity contribution is 7.07. The zero-order valence-corrected chi connectivity index (χ0v) is 21.7. The number of aromatic nitrogens is 1. The number of hydrogen-bond acceptors (Lipinski definition) is 8. The zero-order chi connectivity index (χ0) is 27.0. The summed E-state index contributed by atoms with van der Waals surface area (Å²) in [6, 6.07) is 16.7. The van der Waals surface area contributed by atoms with Crippen LogP contribution in [0.5, 0.6) is 0 Å². The molecule has 0 fully saturated rings. The number of nitrogens with zero attached hydrogens (tertiary/aromatic N) is 3. The van der Waals surface area contributed by atoms with E-state index in [1.54, 1.807) is 45.0 Å². The van der Waals surface area contributed by atoms with Crippen LogP contribution in [0.3, 0.4) is 0 Å². The molecular formula is C28H23N3O6S. The molecule has 0 amide bonds. The Morgan fingerprint density at radius 2 is 1.95 bits per heavy atom. The summed E-state index contributed by atoms with van der Waals surface area (Å²) in [6.45, 7) is 5.45. The predicted molar refractivity (Wildman–Crippen MR) is 142 cm³/mol. The molecule has 1 aliphatic heterocycles. The van der Waals surface area contributed by atoms with Crippen molar-refractivity contribution in [3.8, 4) is 11.3 Å². The average molecular weight is 530 g/mol. The van der Waals surface area contributed by atoms with Crippen LogP contribution in [0.25, 0.3) is 17.4 Å². The molecule has 1 atom stereocenters. The standard InChI is InChI=1S/C28H23N3O6S/c1-4-36-27(33)24-17(3)29-28-30(25(24)18-8-6-5-7-9-18)26(32)23(38-28)15-20-11-13-22(37-20)21-12-10-19(31(34)35)14-16(21)2/h5-15,25H,4H2,1-3H3/b23-15-/t25-/m1/s1. The van der Waals surface area contributed by atoms with Crippen LogP contribution in [0.15, 0.2) is 86.1 Å². The molecule has 0 bridgehead atoms. The molecule has 4 aromatic rings. The first kappa shape index (κ1) is 25.1. The fraction of sp³-hybridized carbons (Fsp3) is 0.179. The van der Waals surface area contributed by atoms with Crippen LogP contribution in [-0.4, -0.2) is 22.1 Å². The van der Waals surface area contributed by atoms with Crippen LogP contribution in [0.4, 0.5) is 5.69 Å². The number of nitro benzene ring substituents is 1. The van der Waals surface area contributed by atoms with Crippen molar-refractivity contribution in [2.24, 2.45) is 4.99 Å². The van der Waals surface area contributed by atoms with E-state index in [9.17, 15) is 19.7 Å². The molecule has 9 nitrogen and oxygen atoms in total. The highest BCUT2D eigenvalue weighted by Gasteiger charge is 2.33. The van der Waals surface area contributed by atoms with E-state index in [1.165, 1.54) is 28.0 Å². The van der Waals surface area contributed by atoms with E-state index in [0.29, 0.717) is 37.7 Å². The van der Waals surface area contributed by atoms with E-state index in [0.717, 1.165) is 11.1 Å². The van der Waals surface area contributed by atoms with Crippen LogP contribution >= 0.6 is 11.3 Å². The third kappa shape index (κ3) is 4.50. The molecule has 5 rings (SSSR count). The van der Waals surface area contributed by atoms with E-state index >= 15 is 0 Å². The lowest BCUT2D eigenvalue weighted by atomic mass is 9.96. The van der Waals surface area contributed by atoms with Crippen molar-refractivity contribution in [1.29, 1.82) is 0 Å². The molecule has 2 aromatic carbocycles. The summed E-state index contributed by atoms with van der Waals surface area (Å²) < 4.78 is 13.2. The quantitative estimate of drug-likeness (QED) is 0.209. The lowest BCUT2D eigenvalue weighted by molar-refractivity contribution is -0.384. The summed E-state index contributed by atoms with van der Waals surface area (Å²) in [7, 11) is 0. The SMILES string of the molecule is CCOC(=O)C1=C(C)N=c2s/c(=C\c3ccc(-c4ccc([N+](=O)[O-])cc4C)o3)c(=O)n2[C@@H]1c1ccccc1. The summed E-state index contributed by atoms with van der Waals surface area (Å²) in [4.78, 5) is 42.2. The number of esters is 1. The molecule has 0 saturated heterocycles. The number of benzene rings is 2. The van der Waals surface area contributed by atoms with Crippen LogP contribution in [0.1, 0.15) is 36.8 Å². The van der Waals surface area contributed by atoms with Crippen molar-refractivity contribution in [2.45, 2.75) is 26.8 Å². The Balaban J connectivity index is 1.60. The largest absolute Gasteiger partial charge is 0.463 e. The van der Waals surface area contributed by atoms with Gasteiger partial charge in [0.2, 0.25) is 0 Å². The molecule has 38 heavy (non-hydrogen) atoms. The summed E-state index contributed by atoms with van der Waals surface area (Å²) in [5.41, 5.74) is 2.71. The highest BCUT2D eigenvalue weighted by Crippen LogP contribution is 2.31. The molecular weight excluding hydrogens is 506 g/mol. The Bertz CT molecular complexity index is 1780. The average Bonchev–Trinajstić information content (AvgIpc) is 3.48. The van der Waals surface area contributed by atoms with E-state index in [1.807, 2.05) is 30.3 Å². The second-order valence-corrected chi connectivity index (χ2v) is 9.68. The minimum Gasteiger partial charge on any atom is -0.463 e. The molecule has 10 heteroatoms. The number of furan rings is 1. The Morgan fingerprint density at radius 1 is 1.18 bits per heavy atom. The normalized spacial score (nSPS) is 15.2. The van der Waals surface area contributed by atoms with Gasteiger partial charge in [-0.25, -0.2) is 9.79 Å². The number of allylic oxidation sites excluding steroid dienone is 1. The fourth-order valence-electron chi connectivity index (χ4n) is 4.48. The van der Waals surface area contributed by atoms with Crippen molar-refractivity contribution in [2.75, 3.05) is 6.61 Å². The summed E-state index contributed by atoms with van der Waals surface area (Å²) >= 11 is 1.21. The lowest BCUT2D eigenvalue weighted by Gasteiger charge is -2.24. The number of hydrogen-bond donors (Lipinski definition) is 0. The molecule has 2 aromatic heterocycles. The molecule has 0 aliphatic carbocycles. The number of fused-ring (bicyclic) bond motifs is 1. The first-order chi connectivity index (χ1) is 18.3. The van der Waals surface area contributed by atoms with Crippen molar-refractivity contribution < 1.29 is 18.9 Å². The van der Waals surface area contributed by atoms with Crippen molar-refractivity contribution in [3.63, 3.8) is 0 Å². The minimum atomic E-state index is -0.677. The van der Waals surface area contributed by atoms with Crippen LogP contribution in [-0.2, 0) is 9.53 Å². The molecule has 3 heterocycles. The molecule has 0 radical (unpaired) electrons. The van der Waals surface area contributed by atoms with Crippen molar-refractivity contribution >= 4 is 29.1 Å². The number of thiazole rings is 1. The van der Waals surface area contributed by atoms with Gasteiger partial charge in [-0.2, -0.15) is 0 Å². The maximum Gasteiger partial charge on any atom is 0.338 e. The van der Waals surface area contributed by atoms with Gasteiger partial charge in [0, 0.05) is 23.8 Å². The summed E-state index contributed by atoms with van der Waals surface area (Å²) in [5.74, 6) is 0.464. The molecule has 192 valence electrons. The Morgan fingerprint density at radius 3 is 2.63 bits per heavy atom. The first-order valence-corrected chi connectivity index (χ1v) is 12.7. The van der Waals surface area contributed by atoms with Crippen LogP contribution < -0.4 is 14.9 Å². The van der Waals surface area contributed by atoms with Gasteiger partial charge in [0.25, 0.3) is 11.2 Å². The van der Waals surface area contributed by atoms with Gasteiger partial charge >= 0.3 is 5.97 Å².